The van der Waals surface area contributed by atoms with Crippen LogP contribution in [-0.4, -0.2) is 58.6 Å². The minimum atomic E-state index is -0.936. The Kier molecular flexibility index (Phi) is 5.93. The number of carbonyl (C=O) groups is 1. The number of pyridine rings is 1. The number of rotatable bonds is 4. The van der Waals surface area contributed by atoms with Gasteiger partial charge < -0.3 is 9.47 Å². The van der Waals surface area contributed by atoms with Crippen LogP contribution in [0.1, 0.15) is 34.0 Å². The molecule has 1 aliphatic rings. The van der Waals surface area contributed by atoms with Gasteiger partial charge in [0.25, 0.3) is 5.91 Å². The van der Waals surface area contributed by atoms with Crippen LogP contribution in [0, 0.1) is 0 Å². The number of benzene rings is 1. The first-order valence-electron chi connectivity index (χ1n) is 10.1. The third kappa shape index (κ3) is 4.01. The number of aryl methyl sites for hydroxylation is 1. The quantitative estimate of drug-likeness (QED) is 0.566. The summed E-state index contributed by atoms with van der Waals surface area (Å²) in [6, 6.07) is 11.5. The fraction of sp³-hybridized carbons (Fsp3) is 0.391. The van der Waals surface area contributed by atoms with Crippen molar-refractivity contribution >= 4 is 32.9 Å². The van der Waals surface area contributed by atoms with Gasteiger partial charge in [-0.05, 0) is 58.7 Å². The molecule has 0 bridgehead atoms. The largest absolute Gasteiger partial charge is 0.345 e. The summed E-state index contributed by atoms with van der Waals surface area (Å²) in [4.78, 5) is 20.2. The highest BCUT2D eigenvalue weighted by molar-refractivity contribution is 9.10. The van der Waals surface area contributed by atoms with Crippen LogP contribution in [0.25, 0.3) is 11.0 Å². The molecule has 2 aromatic heterocycles. The van der Waals surface area contributed by atoms with Gasteiger partial charge in [0.15, 0.2) is 0 Å². The highest BCUT2D eigenvalue weighted by Gasteiger charge is 2.31. The third-order valence-electron chi connectivity index (χ3n) is 5.98. The Bertz CT molecular complexity index is 1060. The van der Waals surface area contributed by atoms with E-state index in [0.29, 0.717) is 18.7 Å². The first-order chi connectivity index (χ1) is 14.3. The van der Waals surface area contributed by atoms with Crippen LogP contribution in [0.5, 0.6) is 0 Å². The van der Waals surface area contributed by atoms with E-state index in [1.165, 1.54) is 0 Å². The number of alkyl halides is 1. The maximum absolute atomic E-state index is 15.1. The van der Waals surface area contributed by atoms with E-state index in [9.17, 15) is 4.79 Å². The summed E-state index contributed by atoms with van der Waals surface area (Å²) in [6.45, 7) is 1.93. The third-order valence-corrected chi connectivity index (χ3v) is 6.67. The van der Waals surface area contributed by atoms with Crippen LogP contribution in [0.4, 0.5) is 4.39 Å². The molecule has 0 aliphatic carbocycles. The Morgan fingerprint density at radius 2 is 2.00 bits per heavy atom. The minimum Gasteiger partial charge on any atom is -0.345 e. The number of piperidine rings is 1. The number of aromatic nitrogens is 2. The predicted octanol–water partition coefficient (Wildman–Crippen LogP) is 4.37. The second-order valence-corrected chi connectivity index (χ2v) is 9.05. The van der Waals surface area contributed by atoms with Crippen LogP contribution in [-0.2, 0) is 13.6 Å². The average molecular weight is 473 g/mol. The maximum Gasteiger partial charge on any atom is 0.253 e. The monoisotopic (exact) mass is 472 g/mol. The van der Waals surface area contributed by atoms with Gasteiger partial charge in [0.1, 0.15) is 11.8 Å². The van der Waals surface area contributed by atoms with Crippen LogP contribution < -0.4 is 0 Å². The number of likely N-dealkylation sites (tertiary alicyclic amines) is 1. The van der Waals surface area contributed by atoms with Crippen molar-refractivity contribution in [3.8, 4) is 0 Å². The van der Waals surface area contributed by atoms with E-state index in [1.54, 1.807) is 37.3 Å². The molecule has 0 radical (unpaired) electrons. The fourth-order valence-corrected chi connectivity index (χ4v) is 4.65. The molecule has 0 saturated carbocycles. The van der Waals surface area contributed by atoms with Gasteiger partial charge in [-0.2, -0.15) is 0 Å². The molecular formula is C23H26BrFN4O. The zero-order valence-corrected chi connectivity index (χ0v) is 19.1. The standard InChI is InChI=1S/C23H26BrFN4O/c1-27(2)23(30)16-6-4-15(5-7-16)18-9-11-29(14-21(18)25)13-17-12-19-20(24)8-10-26-22(19)28(17)3/h4-8,10,12,18,21H,9,11,13-14H2,1-3H3/t18?,21-/m1/s1. The van der Waals surface area contributed by atoms with Crippen molar-refractivity contribution in [3.05, 3.63) is 63.9 Å². The number of halogens is 2. The average Bonchev–Trinajstić information content (AvgIpc) is 3.05. The molecule has 3 aromatic rings. The van der Waals surface area contributed by atoms with Gasteiger partial charge in [-0.1, -0.05) is 12.1 Å². The zero-order valence-electron chi connectivity index (χ0n) is 17.5. The lowest BCUT2D eigenvalue weighted by atomic mass is 9.87. The van der Waals surface area contributed by atoms with E-state index >= 15 is 4.39 Å². The molecule has 30 heavy (non-hydrogen) atoms. The van der Waals surface area contributed by atoms with Gasteiger partial charge >= 0.3 is 0 Å². The Morgan fingerprint density at radius 1 is 1.27 bits per heavy atom. The number of fused-ring (bicyclic) bond motifs is 1. The topological polar surface area (TPSA) is 41.4 Å². The van der Waals surface area contributed by atoms with Crippen LogP contribution in [0.15, 0.2) is 47.1 Å². The van der Waals surface area contributed by atoms with Crippen molar-refractivity contribution in [2.24, 2.45) is 7.05 Å². The van der Waals surface area contributed by atoms with E-state index in [2.05, 4.69) is 36.4 Å². The van der Waals surface area contributed by atoms with E-state index in [4.69, 9.17) is 0 Å². The van der Waals surface area contributed by atoms with E-state index in [0.717, 1.165) is 39.7 Å². The lowest BCUT2D eigenvalue weighted by molar-refractivity contribution is 0.0827. The summed E-state index contributed by atoms with van der Waals surface area (Å²) < 4.78 is 18.2. The number of hydrogen-bond acceptors (Lipinski definition) is 3. The Morgan fingerprint density at radius 3 is 2.63 bits per heavy atom. The molecule has 1 saturated heterocycles. The molecule has 3 heterocycles. The minimum absolute atomic E-state index is 0.0377. The Labute approximate surface area is 184 Å². The molecule has 1 aromatic carbocycles. The molecule has 1 fully saturated rings. The Balaban J connectivity index is 1.44. The molecule has 1 aliphatic heterocycles. The van der Waals surface area contributed by atoms with Gasteiger partial charge in [0.05, 0.1) is 0 Å². The first-order valence-corrected chi connectivity index (χ1v) is 10.9. The van der Waals surface area contributed by atoms with E-state index in [1.807, 2.05) is 25.2 Å². The van der Waals surface area contributed by atoms with Gasteiger partial charge in [-0.3, -0.25) is 9.69 Å². The van der Waals surface area contributed by atoms with Crippen LogP contribution in [0.2, 0.25) is 0 Å². The van der Waals surface area contributed by atoms with Crippen LogP contribution >= 0.6 is 15.9 Å². The molecule has 4 rings (SSSR count). The highest BCUT2D eigenvalue weighted by atomic mass is 79.9. The van der Waals surface area contributed by atoms with Gasteiger partial charge in [0, 0.05) is 67.5 Å². The first kappa shape index (κ1) is 21.0. The summed E-state index contributed by atoms with van der Waals surface area (Å²) in [6.07, 6.45) is 1.61. The van der Waals surface area contributed by atoms with E-state index < -0.39 is 6.17 Å². The summed E-state index contributed by atoms with van der Waals surface area (Å²) in [7, 11) is 5.47. The summed E-state index contributed by atoms with van der Waals surface area (Å²) in [5.41, 5.74) is 3.65. The Hall–Kier alpha value is -2.25. The number of hydrogen-bond donors (Lipinski definition) is 0. The molecule has 0 spiro atoms. The highest BCUT2D eigenvalue weighted by Crippen LogP contribution is 2.32. The van der Waals surface area contributed by atoms with Crippen LogP contribution in [0.3, 0.4) is 0 Å². The number of nitrogens with zero attached hydrogens (tertiary/aromatic N) is 4. The van der Waals surface area contributed by atoms with Gasteiger partial charge in [-0.15, -0.1) is 0 Å². The molecule has 158 valence electrons. The molecule has 2 atom stereocenters. The zero-order chi connectivity index (χ0) is 21.4. The predicted molar refractivity (Wildman–Crippen MR) is 120 cm³/mol. The molecular weight excluding hydrogens is 447 g/mol. The van der Waals surface area contributed by atoms with Crippen molar-refractivity contribution in [2.45, 2.75) is 25.1 Å². The van der Waals surface area contributed by atoms with Gasteiger partial charge in [-0.25, -0.2) is 9.37 Å². The second-order valence-electron chi connectivity index (χ2n) is 8.19. The SMILES string of the molecule is CN(C)C(=O)c1ccc(C2CCN(Cc3cc4c(Br)ccnc4n3C)C[C@H]2F)cc1. The maximum atomic E-state index is 15.1. The normalized spacial score (nSPS) is 19.9. The molecule has 1 amide bonds. The second kappa shape index (κ2) is 8.47. The fourth-order valence-electron chi connectivity index (χ4n) is 4.24. The van der Waals surface area contributed by atoms with Crippen molar-refractivity contribution < 1.29 is 9.18 Å². The molecule has 7 heteroatoms. The smallest absolute Gasteiger partial charge is 0.253 e. The van der Waals surface area contributed by atoms with E-state index in [-0.39, 0.29) is 11.8 Å². The van der Waals surface area contributed by atoms with Crippen molar-refractivity contribution in [3.63, 3.8) is 0 Å². The lowest BCUT2D eigenvalue weighted by Gasteiger charge is -2.35. The molecule has 0 N–H and O–H groups in total. The van der Waals surface area contributed by atoms with Crippen molar-refractivity contribution in [1.82, 2.24) is 19.4 Å². The lowest BCUT2D eigenvalue weighted by Crippen LogP contribution is -2.40. The molecule has 1 unspecified atom stereocenters. The van der Waals surface area contributed by atoms with Crippen molar-refractivity contribution in [2.75, 3.05) is 27.2 Å². The summed E-state index contributed by atoms with van der Waals surface area (Å²) in [5, 5.41) is 1.08. The summed E-state index contributed by atoms with van der Waals surface area (Å²) in [5.74, 6) is -0.169. The summed E-state index contributed by atoms with van der Waals surface area (Å²) >= 11 is 3.58. The number of amides is 1. The van der Waals surface area contributed by atoms with Crippen molar-refractivity contribution in [1.29, 1.82) is 0 Å². The molecule has 5 nitrogen and oxygen atoms in total. The number of carbonyl (C=O) groups excluding carboxylic acids is 1. The van der Waals surface area contributed by atoms with Gasteiger partial charge in [0.2, 0.25) is 0 Å².